The predicted octanol–water partition coefficient (Wildman–Crippen LogP) is 1.56. The lowest BCUT2D eigenvalue weighted by Gasteiger charge is -2.31. The van der Waals surface area contributed by atoms with Crippen LogP contribution in [0.15, 0.2) is 5.16 Å². The summed E-state index contributed by atoms with van der Waals surface area (Å²) in [6.45, 7) is 4.26. The van der Waals surface area contributed by atoms with Gasteiger partial charge in [-0.15, -0.1) is 0 Å². The third kappa shape index (κ3) is 1.35. The first-order chi connectivity index (χ1) is 6.15. The molecule has 3 nitrogen and oxygen atoms in total. The molecule has 2 rings (SSSR count). The molecule has 0 amide bonds. The lowest BCUT2D eigenvalue weighted by Crippen LogP contribution is -2.41. The highest BCUT2D eigenvalue weighted by molar-refractivity contribution is 5.89. The molecule has 3 unspecified atom stereocenters. The van der Waals surface area contributed by atoms with Gasteiger partial charge in [0.1, 0.15) is 0 Å². The highest BCUT2D eigenvalue weighted by Gasteiger charge is 2.46. The maximum Gasteiger partial charge on any atom is 0.165 e. The number of fused-ring (bicyclic) bond motifs is 1. The van der Waals surface area contributed by atoms with Crippen LogP contribution in [0.1, 0.15) is 33.1 Å². The molecule has 0 aromatic heterocycles. The van der Waals surface area contributed by atoms with Gasteiger partial charge in [0.15, 0.2) is 5.60 Å². The zero-order valence-corrected chi connectivity index (χ0v) is 8.29. The second-order valence-corrected chi connectivity index (χ2v) is 4.58. The Morgan fingerprint density at radius 2 is 2.38 bits per heavy atom. The number of hydrogen-bond donors (Lipinski definition) is 1. The molecule has 1 aliphatic heterocycles. The second-order valence-electron chi connectivity index (χ2n) is 4.58. The quantitative estimate of drug-likeness (QED) is 0.670. The van der Waals surface area contributed by atoms with Gasteiger partial charge in [0, 0.05) is 5.92 Å². The Hall–Kier alpha value is -0.570. The molecular formula is C10H17NO2. The highest BCUT2D eigenvalue weighted by atomic mass is 16.7. The molecule has 0 aromatic carbocycles. The third-order valence-corrected chi connectivity index (χ3v) is 3.33. The maximum absolute atomic E-state index is 9.23. The van der Waals surface area contributed by atoms with Crippen molar-refractivity contribution in [3.63, 3.8) is 0 Å². The van der Waals surface area contributed by atoms with Gasteiger partial charge in [-0.05, 0) is 32.1 Å². The van der Waals surface area contributed by atoms with Crippen molar-refractivity contribution in [3.05, 3.63) is 0 Å². The Labute approximate surface area is 78.8 Å². The van der Waals surface area contributed by atoms with Gasteiger partial charge in [-0.25, -0.2) is 0 Å². The Bertz CT molecular complexity index is 239. The molecule has 0 saturated heterocycles. The summed E-state index contributed by atoms with van der Waals surface area (Å²) in [6.07, 6.45) is 3.37. The van der Waals surface area contributed by atoms with Crippen molar-refractivity contribution in [2.45, 2.75) is 38.7 Å². The lowest BCUT2D eigenvalue weighted by atomic mass is 9.74. The van der Waals surface area contributed by atoms with E-state index in [1.165, 1.54) is 6.42 Å². The summed E-state index contributed by atoms with van der Waals surface area (Å²) in [5.74, 6) is 1.08. The Balaban J connectivity index is 2.14. The molecule has 3 atom stereocenters. The first kappa shape index (κ1) is 9.00. The molecule has 1 fully saturated rings. The number of nitrogens with zero attached hydrogens (tertiary/aromatic N) is 1. The van der Waals surface area contributed by atoms with Gasteiger partial charge in [0.25, 0.3) is 0 Å². The molecule has 0 bridgehead atoms. The molecular weight excluding hydrogens is 166 g/mol. The van der Waals surface area contributed by atoms with Crippen LogP contribution in [0.3, 0.4) is 0 Å². The SMILES string of the molecule is CC1CCC2C(=NOC2(C)CO)C1. The van der Waals surface area contributed by atoms with Crippen molar-refractivity contribution in [1.82, 2.24) is 0 Å². The van der Waals surface area contributed by atoms with Crippen LogP contribution in [0.5, 0.6) is 0 Å². The number of aliphatic hydroxyl groups excluding tert-OH is 1. The van der Waals surface area contributed by atoms with Gasteiger partial charge in [-0.1, -0.05) is 12.1 Å². The molecule has 2 aliphatic rings. The fourth-order valence-corrected chi connectivity index (χ4v) is 2.34. The van der Waals surface area contributed by atoms with Crippen LogP contribution in [-0.4, -0.2) is 23.0 Å². The molecule has 1 aliphatic carbocycles. The van der Waals surface area contributed by atoms with Crippen LogP contribution in [-0.2, 0) is 4.84 Å². The van der Waals surface area contributed by atoms with E-state index in [1.807, 2.05) is 6.92 Å². The minimum absolute atomic E-state index is 0.0685. The van der Waals surface area contributed by atoms with Gasteiger partial charge >= 0.3 is 0 Å². The van der Waals surface area contributed by atoms with Crippen LogP contribution in [0.4, 0.5) is 0 Å². The standard InChI is InChI=1S/C10H17NO2/c1-7-3-4-8-9(5-7)11-13-10(8,2)6-12/h7-8,12H,3-6H2,1-2H3. The maximum atomic E-state index is 9.23. The van der Waals surface area contributed by atoms with Crippen LogP contribution in [0.2, 0.25) is 0 Å². The van der Waals surface area contributed by atoms with E-state index in [4.69, 9.17) is 4.84 Å². The predicted molar refractivity (Wildman–Crippen MR) is 50.5 cm³/mol. The smallest absolute Gasteiger partial charge is 0.165 e. The van der Waals surface area contributed by atoms with Crippen LogP contribution in [0.25, 0.3) is 0 Å². The summed E-state index contributed by atoms with van der Waals surface area (Å²) in [5, 5.41) is 13.3. The van der Waals surface area contributed by atoms with Crippen molar-refractivity contribution in [2.75, 3.05) is 6.61 Å². The van der Waals surface area contributed by atoms with Gasteiger partial charge in [-0.2, -0.15) is 0 Å². The minimum atomic E-state index is -0.435. The van der Waals surface area contributed by atoms with Crippen LogP contribution in [0, 0.1) is 11.8 Å². The molecule has 0 spiro atoms. The highest BCUT2D eigenvalue weighted by Crippen LogP contribution is 2.39. The van der Waals surface area contributed by atoms with Crippen LogP contribution >= 0.6 is 0 Å². The molecule has 1 saturated carbocycles. The Morgan fingerprint density at radius 3 is 3.08 bits per heavy atom. The van der Waals surface area contributed by atoms with Crippen molar-refractivity contribution in [3.8, 4) is 0 Å². The van der Waals surface area contributed by atoms with E-state index in [0.29, 0.717) is 5.92 Å². The van der Waals surface area contributed by atoms with Gasteiger partial charge in [-0.3, -0.25) is 0 Å². The first-order valence-corrected chi connectivity index (χ1v) is 5.01. The monoisotopic (exact) mass is 183 g/mol. The Kier molecular flexibility index (Phi) is 2.06. The van der Waals surface area contributed by atoms with E-state index in [-0.39, 0.29) is 6.61 Å². The number of rotatable bonds is 1. The fraction of sp³-hybridized carbons (Fsp3) is 0.900. The summed E-state index contributed by atoms with van der Waals surface area (Å²) < 4.78 is 0. The fourth-order valence-electron chi connectivity index (χ4n) is 2.34. The number of hydrogen-bond acceptors (Lipinski definition) is 3. The zero-order valence-electron chi connectivity index (χ0n) is 8.29. The van der Waals surface area contributed by atoms with Crippen molar-refractivity contribution in [2.24, 2.45) is 17.0 Å². The largest absolute Gasteiger partial charge is 0.392 e. The van der Waals surface area contributed by atoms with Gasteiger partial charge in [0.2, 0.25) is 0 Å². The summed E-state index contributed by atoms with van der Waals surface area (Å²) in [6, 6.07) is 0. The summed E-state index contributed by atoms with van der Waals surface area (Å²) in [4.78, 5) is 5.32. The van der Waals surface area contributed by atoms with E-state index >= 15 is 0 Å². The Morgan fingerprint density at radius 1 is 1.62 bits per heavy atom. The molecule has 3 heteroatoms. The third-order valence-electron chi connectivity index (χ3n) is 3.33. The summed E-state index contributed by atoms with van der Waals surface area (Å²) >= 11 is 0. The van der Waals surface area contributed by atoms with E-state index < -0.39 is 5.60 Å². The summed E-state index contributed by atoms with van der Waals surface area (Å²) in [5.41, 5.74) is 0.727. The molecule has 74 valence electrons. The van der Waals surface area contributed by atoms with Crippen molar-refractivity contribution < 1.29 is 9.94 Å². The van der Waals surface area contributed by atoms with Gasteiger partial charge < -0.3 is 9.94 Å². The topological polar surface area (TPSA) is 41.8 Å². The van der Waals surface area contributed by atoms with E-state index in [2.05, 4.69) is 12.1 Å². The van der Waals surface area contributed by atoms with Gasteiger partial charge in [0.05, 0.1) is 12.3 Å². The molecule has 0 aromatic rings. The van der Waals surface area contributed by atoms with Crippen LogP contribution < -0.4 is 0 Å². The average molecular weight is 183 g/mol. The summed E-state index contributed by atoms with van der Waals surface area (Å²) in [7, 11) is 0. The minimum Gasteiger partial charge on any atom is -0.392 e. The zero-order chi connectivity index (χ0) is 9.47. The van der Waals surface area contributed by atoms with Crippen molar-refractivity contribution in [1.29, 1.82) is 0 Å². The van der Waals surface area contributed by atoms with Crippen molar-refractivity contribution >= 4 is 5.71 Å². The molecule has 13 heavy (non-hydrogen) atoms. The number of oxime groups is 1. The van der Waals surface area contributed by atoms with E-state index in [0.717, 1.165) is 24.5 Å². The first-order valence-electron chi connectivity index (χ1n) is 5.01. The number of aliphatic hydroxyl groups is 1. The normalized spacial score (nSPS) is 43.8. The average Bonchev–Trinajstić information content (AvgIpc) is 2.45. The molecule has 0 radical (unpaired) electrons. The van der Waals surface area contributed by atoms with E-state index in [9.17, 15) is 5.11 Å². The second kappa shape index (κ2) is 2.98. The lowest BCUT2D eigenvalue weighted by molar-refractivity contribution is -0.0691. The molecule has 1 heterocycles. The van der Waals surface area contributed by atoms with E-state index in [1.54, 1.807) is 0 Å². The molecule has 1 N–H and O–H groups in total.